The van der Waals surface area contributed by atoms with E-state index in [1.54, 1.807) is 0 Å². The van der Waals surface area contributed by atoms with Crippen molar-refractivity contribution >= 4 is 5.97 Å². The fourth-order valence-electron chi connectivity index (χ4n) is 3.35. The van der Waals surface area contributed by atoms with Gasteiger partial charge in [-0.05, 0) is 36.6 Å². The maximum Gasteiger partial charge on any atom is 0.307 e. The molecule has 1 heterocycles. The SMILES string of the molecule is Cc1cc(CC(=O)O)c(C)n1C(c1ccccc1)c1ccccc1. The predicted octanol–water partition coefficient (Wildman–Crippen LogP) is 4.37. The summed E-state index contributed by atoms with van der Waals surface area (Å²) < 4.78 is 2.24. The zero-order valence-electron chi connectivity index (χ0n) is 13.9. The lowest BCUT2D eigenvalue weighted by Crippen LogP contribution is -2.15. The van der Waals surface area contributed by atoms with E-state index in [2.05, 4.69) is 28.8 Å². The summed E-state index contributed by atoms with van der Waals surface area (Å²) in [4.78, 5) is 11.1. The van der Waals surface area contributed by atoms with E-state index in [0.717, 1.165) is 17.0 Å². The number of carboxylic acids is 1. The molecule has 1 N–H and O–H groups in total. The second-order valence-electron chi connectivity index (χ2n) is 6.06. The van der Waals surface area contributed by atoms with Crippen LogP contribution in [-0.2, 0) is 11.2 Å². The minimum absolute atomic E-state index is 0.0370. The van der Waals surface area contributed by atoms with Gasteiger partial charge in [-0.25, -0.2) is 0 Å². The van der Waals surface area contributed by atoms with Crippen LogP contribution in [0, 0.1) is 13.8 Å². The maximum absolute atomic E-state index is 11.1. The molecule has 0 unspecified atom stereocenters. The molecule has 0 aliphatic rings. The number of hydrogen-bond acceptors (Lipinski definition) is 1. The molecule has 0 atom stereocenters. The van der Waals surface area contributed by atoms with E-state index < -0.39 is 5.97 Å². The molecule has 24 heavy (non-hydrogen) atoms. The maximum atomic E-state index is 11.1. The molecule has 3 nitrogen and oxygen atoms in total. The van der Waals surface area contributed by atoms with Crippen molar-refractivity contribution in [1.29, 1.82) is 0 Å². The summed E-state index contributed by atoms with van der Waals surface area (Å²) in [6.45, 7) is 4.04. The first-order valence-corrected chi connectivity index (χ1v) is 8.07. The number of carbonyl (C=O) groups is 1. The van der Waals surface area contributed by atoms with E-state index in [1.807, 2.05) is 56.3 Å². The molecule has 1 aromatic heterocycles. The third-order valence-corrected chi connectivity index (χ3v) is 4.42. The lowest BCUT2D eigenvalue weighted by Gasteiger charge is -2.24. The summed E-state index contributed by atoms with van der Waals surface area (Å²) in [7, 11) is 0. The smallest absolute Gasteiger partial charge is 0.307 e. The Morgan fingerprint density at radius 1 is 0.958 bits per heavy atom. The number of rotatable bonds is 5. The van der Waals surface area contributed by atoms with Gasteiger partial charge in [-0.15, -0.1) is 0 Å². The van der Waals surface area contributed by atoms with Crippen LogP contribution in [0.2, 0.25) is 0 Å². The zero-order valence-corrected chi connectivity index (χ0v) is 13.9. The topological polar surface area (TPSA) is 42.2 Å². The third kappa shape index (κ3) is 3.11. The Kier molecular flexibility index (Phi) is 4.52. The molecule has 0 fully saturated rings. The van der Waals surface area contributed by atoms with Crippen LogP contribution in [0.4, 0.5) is 0 Å². The van der Waals surface area contributed by atoms with Gasteiger partial charge >= 0.3 is 5.97 Å². The molecule has 3 rings (SSSR count). The van der Waals surface area contributed by atoms with E-state index in [1.165, 1.54) is 11.1 Å². The van der Waals surface area contributed by atoms with Gasteiger partial charge in [-0.3, -0.25) is 4.79 Å². The standard InChI is InChI=1S/C21H21NO2/c1-15-13-19(14-20(23)24)16(2)22(15)21(17-9-5-3-6-10-17)18-11-7-4-8-12-18/h3-13,21H,14H2,1-2H3,(H,23,24). The number of aliphatic carboxylic acids is 1. The summed E-state index contributed by atoms with van der Waals surface area (Å²) >= 11 is 0. The number of aromatic nitrogens is 1. The van der Waals surface area contributed by atoms with Crippen molar-refractivity contribution < 1.29 is 9.90 Å². The van der Waals surface area contributed by atoms with Gasteiger partial charge in [0.15, 0.2) is 0 Å². The van der Waals surface area contributed by atoms with Crippen molar-refractivity contribution in [3.05, 3.63) is 94.8 Å². The van der Waals surface area contributed by atoms with Crippen LogP contribution in [0.1, 0.15) is 34.1 Å². The Labute approximate surface area is 142 Å². The first kappa shape index (κ1) is 16.1. The molecule has 0 aliphatic carbocycles. The van der Waals surface area contributed by atoms with Crippen molar-refractivity contribution in [2.45, 2.75) is 26.3 Å². The predicted molar refractivity (Wildman–Crippen MR) is 95.4 cm³/mol. The Morgan fingerprint density at radius 3 is 1.92 bits per heavy atom. The molecule has 0 saturated carbocycles. The largest absolute Gasteiger partial charge is 0.481 e. The molecule has 122 valence electrons. The molecule has 0 saturated heterocycles. The van der Waals surface area contributed by atoms with Crippen molar-refractivity contribution in [2.75, 3.05) is 0 Å². The molecule has 0 aliphatic heterocycles. The zero-order chi connectivity index (χ0) is 17.1. The molecule has 2 aromatic carbocycles. The molecule has 0 bridgehead atoms. The third-order valence-electron chi connectivity index (χ3n) is 4.42. The molecule has 0 amide bonds. The second-order valence-corrected chi connectivity index (χ2v) is 6.06. The molecule has 0 spiro atoms. The average Bonchev–Trinajstić information content (AvgIpc) is 2.84. The monoisotopic (exact) mass is 319 g/mol. The number of aryl methyl sites for hydroxylation is 1. The Balaban J connectivity index is 2.17. The van der Waals surface area contributed by atoms with Gasteiger partial charge in [0.25, 0.3) is 0 Å². The molecule has 3 heteroatoms. The van der Waals surface area contributed by atoms with Crippen LogP contribution in [-0.4, -0.2) is 15.6 Å². The summed E-state index contributed by atoms with van der Waals surface area (Å²) in [5, 5.41) is 9.15. The van der Waals surface area contributed by atoms with Gasteiger partial charge in [0, 0.05) is 11.4 Å². The highest BCUT2D eigenvalue weighted by Crippen LogP contribution is 2.31. The van der Waals surface area contributed by atoms with E-state index in [0.29, 0.717) is 0 Å². The Morgan fingerprint density at radius 2 is 1.46 bits per heavy atom. The van der Waals surface area contributed by atoms with Crippen LogP contribution < -0.4 is 0 Å². The van der Waals surface area contributed by atoms with Gasteiger partial charge in [-0.2, -0.15) is 0 Å². The van der Waals surface area contributed by atoms with Crippen LogP contribution in [0.5, 0.6) is 0 Å². The highest BCUT2D eigenvalue weighted by atomic mass is 16.4. The second kappa shape index (κ2) is 6.75. The van der Waals surface area contributed by atoms with Gasteiger partial charge < -0.3 is 9.67 Å². The van der Waals surface area contributed by atoms with Crippen LogP contribution >= 0.6 is 0 Å². The lowest BCUT2D eigenvalue weighted by atomic mass is 9.98. The van der Waals surface area contributed by atoms with E-state index in [4.69, 9.17) is 5.11 Å². The number of hydrogen-bond donors (Lipinski definition) is 1. The number of carboxylic acid groups (broad SMARTS) is 1. The van der Waals surface area contributed by atoms with Crippen molar-refractivity contribution in [3.63, 3.8) is 0 Å². The van der Waals surface area contributed by atoms with Crippen LogP contribution in [0.15, 0.2) is 66.7 Å². The van der Waals surface area contributed by atoms with Gasteiger partial charge in [0.05, 0.1) is 12.5 Å². The van der Waals surface area contributed by atoms with E-state index >= 15 is 0 Å². The van der Waals surface area contributed by atoms with E-state index in [-0.39, 0.29) is 12.5 Å². The molecule has 3 aromatic rings. The molecule has 0 radical (unpaired) electrons. The first-order valence-electron chi connectivity index (χ1n) is 8.07. The Bertz CT molecular complexity index is 796. The van der Waals surface area contributed by atoms with Gasteiger partial charge in [0.1, 0.15) is 0 Å². The lowest BCUT2D eigenvalue weighted by molar-refractivity contribution is -0.136. The highest BCUT2D eigenvalue weighted by Gasteiger charge is 2.21. The molecular weight excluding hydrogens is 298 g/mol. The van der Waals surface area contributed by atoms with Crippen molar-refractivity contribution in [2.24, 2.45) is 0 Å². The van der Waals surface area contributed by atoms with Crippen LogP contribution in [0.25, 0.3) is 0 Å². The van der Waals surface area contributed by atoms with E-state index in [9.17, 15) is 4.79 Å². The van der Waals surface area contributed by atoms with Crippen molar-refractivity contribution in [3.8, 4) is 0 Å². The summed E-state index contributed by atoms with van der Waals surface area (Å²) in [5.74, 6) is -0.800. The fraction of sp³-hybridized carbons (Fsp3) is 0.190. The quantitative estimate of drug-likeness (QED) is 0.759. The summed E-state index contributed by atoms with van der Waals surface area (Å²) in [6, 6.07) is 22.7. The van der Waals surface area contributed by atoms with Gasteiger partial charge in [0.2, 0.25) is 0 Å². The number of benzene rings is 2. The average molecular weight is 319 g/mol. The Hall–Kier alpha value is -2.81. The summed E-state index contributed by atoms with van der Waals surface area (Å²) in [6.07, 6.45) is 0.0516. The van der Waals surface area contributed by atoms with Crippen LogP contribution in [0.3, 0.4) is 0 Å². The number of nitrogens with zero attached hydrogens (tertiary/aromatic N) is 1. The highest BCUT2D eigenvalue weighted by molar-refractivity contribution is 5.70. The van der Waals surface area contributed by atoms with Crippen molar-refractivity contribution in [1.82, 2.24) is 4.57 Å². The normalized spacial score (nSPS) is 11.0. The first-order chi connectivity index (χ1) is 11.6. The van der Waals surface area contributed by atoms with Gasteiger partial charge in [-0.1, -0.05) is 60.7 Å². The molecular formula is C21H21NO2. The minimum Gasteiger partial charge on any atom is -0.481 e. The fourth-order valence-corrected chi connectivity index (χ4v) is 3.35. The summed E-state index contributed by atoms with van der Waals surface area (Å²) in [5.41, 5.74) is 5.32. The minimum atomic E-state index is -0.800.